The molecule has 0 aromatic heterocycles. The number of hydrogen-bond donors (Lipinski definition) is 2. The molecular weight excluding hydrogens is 150 g/mol. The van der Waals surface area contributed by atoms with E-state index in [1.165, 1.54) is 6.20 Å². The molecule has 0 bridgehead atoms. The van der Waals surface area contributed by atoms with Crippen LogP contribution in [0.3, 0.4) is 0 Å². The van der Waals surface area contributed by atoms with Crippen molar-refractivity contribution >= 4 is 0 Å². The van der Waals surface area contributed by atoms with Crippen LogP contribution in [-0.2, 0) is 0 Å². The van der Waals surface area contributed by atoms with Crippen molar-refractivity contribution in [1.82, 2.24) is 10.2 Å². The molecule has 0 atom stereocenters. The Labute approximate surface area is 74.2 Å². The smallest absolute Gasteiger partial charge is 0.105 e. The Morgan fingerprint density at radius 2 is 2.17 bits per heavy atom. The van der Waals surface area contributed by atoms with E-state index < -0.39 is 0 Å². The van der Waals surface area contributed by atoms with Gasteiger partial charge >= 0.3 is 0 Å². The molecular formula is C9H17N3. The molecule has 3 nitrogen and oxygen atoms in total. The summed E-state index contributed by atoms with van der Waals surface area (Å²) in [7, 11) is 3.80. The molecule has 68 valence electrons. The number of hydrogen-bond acceptors (Lipinski definition) is 3. The maximum Gasteiger partial charge on any atom is 0.105 e. The lowest BCUT2D eigenvalue weighted by molar-refractivity contribution is 0.524. The van der Waals surface area contributed by atoms with Gasteiger partial charge in [-0.15, -0.1) is 0 Å². The molecule has 0 saturated heterocycles. The second-order valence-electron chi connectivity index (χ2n) is 2.28. The van der Waals surface area contributed by atoms with Crippen LogP contribution in [0.4, 0.5) is 0 Å². The van der Waals surface area contributed by atoms with Crippen LogP contribution in [0, 0.1) is 0 Å². The van der Waals surface area contributed by atoms with Crippen molar-refractivity contribution in [3.63, 3.8) is 0 Å². The third-order valence-electron chi connectivity index (χ3n) is 1.39. The molecule has 0 radical (unpaired) electrons. The highest BCUT2D eigenvalue weighted by Crippen LogP contribution is 1.96. The SMILES string of the molecule is C/C=C\C=C(\NC)N(C)/C=C\N. The summed E-state index contributed by atoms with van der Waals surface area (Å²) in [5, 5.41) is 3.05. The summed E-state index contributed by atoms with van der Waals surface area (Å²) >= 11 is 0. The normalized spacial score (nSPS) is 12.8. The average Bonchev–Trinajstić information content (AvgIpc) is 2.06. The molecule has 0 aromatic rings. The molecule has 0 saturated carbocycles. The summed E-state index contributed by atoms with van der Waals surface area (Å²) in [6.45, 7) is 1.97. The van der Waals surface area contributed by atoms with Gasteiger partial charge in [0, 0.05) is 26.5 Å². The Morgan fingerprint density at radius 3 is 2.58 bits per heavy atom. The van der Waals surface area contributed by atoms with Gasteiger partial charge in [-0.2, -0.15) is 0 Å². The summed E-state index contributed by atoms with van der Waals surface area (Å²) in [6, 6.07) is 0. The van der Waals surface area contributed by atoms with E-state index in [0.29, 0.717) is 0 Å². The van der Waals surface area contributed by atoms with Crippen LogP contribution in [0.1, 0.15) is 6.92 Å². The third kappa shape index (κ3) is 3.71. The number of rotatable bonds is 4. The first kappa shape index (κ1) is 10.6. The van der Waals surface area contributed by atoms with Crippen molar-refractivity contribution in [3.8, 4) is 0 Å². The van der Waals surface area contributed by atoms with Crippen LogP contribution in [0.5, 0.6) is 0 Å². The number of allylic oxidation sites excluding steroid dienone is 3. The lowest BCUT2D eigenvalue weighted by Crippen LogP contribution is -2.21. The predicted molar refractivity (Wildman–Crippen MR) is 53.0 cm³/mol. The fraction of sp³-hybridized carbons (Fsp3) is 0.333. The molecule has 0 unspecified atom stereocenters. The van der Waals surface area contributed by atoms with E-state index in [9.17, 15) is 0 Å². The molecule has 0 fully saturated rings. The molecule has 0 spiro atoms. The third-order valence-corrected chi connectivity index (χ3v) is 1.39. The predicted octanol–water partition coefficient (Wildman–Crippen LogP) is 0.985. The highest BCUT2D eigenvalue weighted by molar-refractivity contribution is 5.10. The molecule has 12 heavy (non-hydrogen) atoms. The minimum atomic E-state index is 0.995. The minimum Gasteiger partial charge on any atom is -0.403 e. The maximum absolute atomic E-state index is 5.26. The Kier molecular flexibility index (Phi) is 5.61. The zero-order valence-corrected chi connectivity index (χ0v) is 7.91. The van der Waals surface area contributed by atoms with Crippen molar-refractivity contribution in [1.29, 1.82) is 0 Å². The molecule has 3 heteroatoms. The topological polar surface area (TPSA) is 41.3 Å². The molecule has 0 aliphatic carbocycles. The number of nitrogens with zero attached hydrogens (tertiary/aromatic N) is 1. The molecule has 0 rings (SSSR count). The second kappa shape index (κ2) is 6.34. The van der Waals surface area contributed by atoms with E-state index in [0.717, 1.165) is 5.82 Å². The highest BCUT2D eigenvalue weighted by atomic mass is 15.2. The standard InChI is InChI=1S/C9H17N3/c1-4-5-6-9(11-2)12(3)8-7-10/h4-8,11H,10H2,1-3H3/b5-4-,8-7-,9-6-. The van der Waals surface area contributed by atoms with E-state index in [-0.39, 0.29) is 0 Å². The fourth-order valence-electron chi connectivity index (χ4n) is 0.774. The van der Waals surface area contributed by atoms with Crippen LogP contribution in [0.2, 0.25) is 0 Å². The van der Waals surface area contributed by atoms with Gasteiger partial charge in [0.25, 0.3) is 0 Å². The zero-order valence-electron chi connectivity index (χ0n) is 7.91. The summed E-state index contributed by atoms with van der Waals surface area (Å²) < 4.78 is 0. The Morgan fingerprint density at radius 1 is 1.50 bits per heavy atom. The molecule has 0 aliphatic rings. The van der Waals surface area contributed by atoms with Crippen LogP contribution in [0.25, 0.3) is 0 Å². The van der Waals surface area contributed by atoms with Gasteiger partial charge in [0.2, 0.25) is 0 Å². The zero-order chi connectivity index (χ0) is 9.40. The van der Waals surface area contributed by atoms with Crippen molar-refractivity contribution in [2.24, 2.45) is 5.73 Å². The Bertz CT molecular complexity index is 192. The quantitative estimate of drug-likeness (QED) is 0.613. The lowest BCUT2D eigenvalue weighted by atomic mass is 10.4. The average molecular weight is 167 g/mol. The Balaban J connectivity index is 4.32. The van der Waals surface area contributed by atoms with Crippen molar-refractivity contribution < 1.29 is 0 Å². The first-order chi connectivity index (χ1) is 5.76. The summed E-state index contributed by atoms with van der Waals surface area (Å²) in [5.74, 6) is 0.995. The Hall–Kier alpha value is -1.38. The van der Waals surface area contributed by atoms with Crippen LogP contribution in [-0.4, -0.2) is 19.0 Å². The van der Waals surface area contributed by atoms with E-state index in [1.807, 2.05) is 44.1 Å². The largest absolute Gasteiger partial charge is 0.403 e. The summed E-state index contributed by atoms with van der Waals surface area (Å²) in [6.07, 6.45) is 9.19. The first-order valence-corrected chi connectivity index (χ1v) is 3.88. The van der Waals surface area contributed by atoms with Crippen LogP contribution in [0.15, 0.2) is 36.4 Å². The van der Waals surface area contributed by atoms with E-state index >= 15 is 0 Å². The number of nitrogens with two attached hydrogens (primary N) is 1. The van der Waals surface area contributed by atoms with E-state index in [1.54, 1.807) is 6.20 Å². The summed E-state index contributed by atoms with van der Waals surface area (Å²) in [4.78, 5) is 1.90. The minimum absolute atomic E-state index is 0.995. The number of nitrogens with one attached hydrogen (secondary N) is 1. The van der Waals surface area contributed by atoms with Gasteiger partial charge in [0.05, 0.1) is 0 Å². The maximum atomic E-state index is 5.26. The van der Waals surface area contributed by atoms with Crippen LogP contribution < -0.4 is 11.1 Å². The van der Waals surface area contributed by atoms with Gasteiger partial charge in [-0.1, -0.05) is 12.2 Å². The highest BCUT2D eigenvalue weighted by Gasteiger charge is 1.94. The van der Waals surface area contributed by atoms with E-state index in [4.69, 9.17) is 5.73 Å². The van der Waals surface area contributed by atoms with Gasteiger partial charge in [0.15, 0.2) is 0 Å². The van der Waals surface area contributed by atoms with Gasteiger partial charge in [-0.05, 0) is 13.0 Å². The van der Waals surface area contributed by atoms with Crippen molar-refractivity contribution in [2.45, 2.75) is 6.92 Å². The van der Waals surface area contributed by atoms with Gasteiger partial charge in [-0.25, -0.2) is 0 Å². The van der Waals surface area contributed by atoms with Gasteiger partial charge < -0.3 is 16.0 Å². The summed E-state index contributed by atoms with van der Waals surface area (Å²) in [5.41, 5.74) is 5.26. The second-order valence-corrected chi connectivity index (χ2v) is 2.28. The van der Waals surface area contributed by atoms with E-state index in [2.05, 4.69) is 5.32 Å². The molecule has 3 N–H and O–H groups in total. The van der Waals surface area contributed by atoms with Crippen molar-refractivity contribution in [2.75, 3.05) is 14.1 Å². The van der Waals surface area contributed by atoms with Gasteiger partial charge in [-0.3, -0.25) is 0 Å². The molecule has 0 heterocycles. The monoisotopic (exact) mass is 167 g/mol. The lowest BCUT2D eigenvalue weighted by Gasteiger charge is -2.16. The van der Waals surface area contributed by atoms with Crippen LogP contribution >= 0.6 is 0 Å². The molecule has 0 aliphatic heterocycles. The van der Waals surface area contributed by atoms with Gasteiger partial charge in [0.1, 0.15) is 5.82 Å². The first-order valence-electron chi connectivity index (χ1n) is 3.88. The molecule has 0 aromatic carbocycles. The fourth-order valence-corrected chi connectivity index (χ4v) is 0.774. The molecule has 0 amide bonds. The van der Waals surface area contributed by atoms with Crippen molar-refractivity contribution in [3.05, 3.63) is 36.4 Å².